The highest BCUT2D eigenvalue weighted by Crippen LogP contribution is 2.23. The molecule has 1 aliphatic rings. The summed E-state index contributed by atoms with van der Waals surface area (Å²) in [5.74, 6) is 0.363. The van der Waals surface area contributed by atoms with Crippen LogP contribution >= 0.6 is 0 Å². The summed E-state index contributed by atoms with van der Waals surface area (Å²) in [6.07, 6.45) is 4.74. The fourth-order valence-electron chi connectivity index (χ4n) is 2.52. The molecule has 0 bridgehead atoms. The SMILES string of the molecule is CCCc1nc(C(=O)NC2CCC(C(N)=O)CC2)n[nH]1. The molecule has 1 fully saturated rings. The van der Waals surface area contributed by atoms with Crippen molar-refractivity contribution < 1.29 is 9.59 Å². The average molecular weight is 279 g/mol. The third-order valence-corrected chi connectivity index (χ3v) is 3.69. The van der Waals surface area contributed by atoms with E-state index in [0.29, 0.717) is 0 Å². The number of H-pyrrole nitrogens is 1. The van der Waals surface area contributed by atoms with Crippen molar-refractivity contribution in [3.05, 3.63) is 11.6 Å². The number of amides is 2. The number of nitrogens with zero attached hydrogens (tertiary/aromatic N) is 2. The zero-order valence-electron chi connectivity index (χ0n) is 11.7. The molecule has 0 atom stereocenters. The topological polar surface area (TPSA) is 114 Å². The van der Waals surface area contributed by atoms with Crippen LogP contribution in [0.15, 0.2) is 0 Å². The molecule has 20 heavy (non-hydrogen) atoms. The number of carbonyl (C=O) groups excluding carboxylic acids is 2. The molecule has 0 unspecified atom stereocenters. The van der Waals surface area contributed by atoms with Gasteiger partial charge in [0.15, 0.2) is 0 Å². The van der Waals surface area contributed by atoms with E-state index in [1.807, 2.05) is 6.92 Å². The molecule has 1 aromatic heterocycles. The maximum Gasteiger partial charge on any atom is 0.291 e. The molecule has 1 aromatic rings. The van der Waals surface area contributed by atoms with Crippen LogP contribution in [0.4, 0.5) is 0 Å². The second-order valence-corrected chi connectivity index (χ2v) is 5.28. The predicted octanol–water partition coefficient (Wildman–Crippen LogP) is 0.531. The fraction of sp³-hybridized carbons (Fsp3) is 0.692. The first kappa shape index (κ1) is 14.5. The molecule has 1 aliphatic carbocycles. The number of primary amides is 1. The second-order valence-electron chi connectivity index (χ2n) is 5.28. The zero-order valence-corrected chi connectivity index (χ0v) is 11.7. The van der Waals surface area contributed by atoms with E-state index in [0.717, 1.165) is 44.3 Å². The molecule has 4 N–H and O–H groups in total. The van der Waals surface area contributed by atoms with Gasteiger partial charge in [-0.1, -0.05) is 6.92 Å². The Balaban J connectivity index is 1.84. The maximum absolute atomic E-state index is 12.0. The lowest BCUT2D eigenvalue weighted by atomic mass is 9.85. The number of aromatic nitrogens is 3. The molecule has 0 spiro atoms. The van der Waals surface area contributed by atoms with E-state index < -0.39 is 0 Å². The Hall–Kier alpha value is -1.92. The smallest absolute Gasteiger partial charge is 0.291 e. The monoisotopic (exact) mass is 279 g/mol. The van der Waals surface area contributed by atoms with Crippen LogP contribution in [-0.2, 0) is 11.2 Å². The van der Waals surface area contributed by atoms with Gasteiger partial charge in [-0.05, 0) is 32.1 Å². The van der Waals surface area contributed by atoms with Crippen molar-refractivity contribution in [2.24, 2.45) is 11.7 Å². The number of aryl methyl sites for hydroxylation is 1. The average Bonchev–Trinajstić information content (AvgIpc) is 2.88. The zero-order chi connectivity index (χ0) is 14.5. The highest BCUT2D eigenvalue weighted by Gasteiger charge is 2.26. The van der Waals surface area contributed by atoms with E-state index in [-0.39, 0.29) is 29.6 Å². The third kappa shape index (κ3) is 3.55. The van der Waals surface area contributed by atoms with E-state index in [1.54, 1.807) is 0 Å². The van der Waals surface area contributed by atoms with Crippen molar-refractivity contribution in [1.82, 2.24) is 20.5 Å². The number of nitrogens with one attached hydrogen (secondary N) is 2. The summed E-state index contributed by atoms with van der Waals surface area (Å²) < 4.78 is 0. The number of rotatable bonds is 5. The molecule has 0 saturated heterocycles. The van der Waals surface area contributed by atoms with Gasteiger partial charge in [0.25, 0.3) is 5.91 Å². The van der Waals surface area contributed by atoms with Crippen molar-refractivity contribution in [2.45, 2.75) is 51.5 Å². The lowest BCUT2D eigenvalue weighted by Crippen LogP contribution is -2.40. The molecule has 7 heteroatoms. The molecule has 7 nitrogen and oxygen atoms in total. The summed E-state index contributed by atoms with van der Waals surface area (Å²) in [6.45, 7) is 2.04. The molecule has 2 rings (SSSR count). The Morgan fingerprint density at radius 3 is 2.65 bits per heavy atom. The Morgan fingerprint density at radius 2 is 2.05 bits per heavy atom. The second kappa shape index (κ2) is 6.49. The van der Waals surface area contributed by atoms with Crippen LogP contribution in [0.5, 0.6) is 0 Å². The first-order valence-electron chi connectivity index (χ1n) is 7.11. The highest BCUT2D eigenvalue weighted by atomic mass is 16.2. The number of aromatic amines is 1. The van der Waals surface area contributed by atoms with Gasteiger partial charge >= 0.3 is 0 Å². The van der Waals surface area contributed by atoms with Gasteiger partial charge in [0.1, 0.15) is 5.82 Å². The quantitative estimate of drug-likeness (QED) is 0.729. The minimum absolute atomic E-state index is 0.0529. The molecule has 110 valence electrons. The summed E-state index contributed by atoms with van der Waals surface area (Å²) >= 11 is 0. The largest absolute Gasteiger partial charge is 0.369 e. The van der Waals surface area contributed by atoms with Crippen molar-refractivity contribution in [3.8, 4) is 0 Å². The van der Waals surface area contributed by atoms with Gasteiger partial charge in [-0.15, -0.1) is 5.10 Å². The Bertz CT molecular complexity index is 477. The van der Waals surface area contributed by atoms with Gasteiger partial charge < -0.3 is 11.1 Å². The molecule has 0 aromatic carbocycles. The lowest BCUT2D eigenvalue weighted by molar-refractivity contribution is -0.122. The molecule has 1 saturated carbocycles. The minimum atomic E-state index is -0.258. The van der Waals surface area contributed by atoms with Crippen molar-refractivity contribution in [1.29, 1.82) is 0 Å². The predicted molar refractivity (Wildman–Crippen MR) is 72.8 cm³/mol. The molecular formula is C13H21N5O2. The standard InChI is InChI=1S/C13H21N5O2/c1-2-3-10-16-12(18-17-10)13(20)15-9-6-4-8(5-7-9)11(14)19/h8-9H,2-7H2,1H3,(H2,14,19)(H,15,20)(H,16,17,18). The van der Waals surface area contributed by atoms with E-state index in [2.05, 4.69) is 20.5 Å². The van der Waals surface area contributed by atoms with Gasteiger partial charge in [-0.3, -0.25) is 14.7 Å². The fourth-order valence-corrected chi connectivity index (χ4v) is 2.52. The van der Waals surface area contributed by atoms with Crippen molar-refractivity contribution in [3.63, 3.8) is 0 Å². The molecule has 0 radical (unpaired) electrons. The molecule has 0 aliphatic heterocycles. The van der Waals surface area contributed by atoms with Crippen molar-refractivity contribution in [2.75, 3.05) is 0 Å². The minimum Gasteiger partial charge on any atom is -0.369 e. The number of nitrogens with two attached hydrogens (primary N) is 1. The third-order valence-electron chi connectivity index (χ3n) is 3.69. The van der Waals surface area contributed by atoms with Gasteiger partial charge in [0.05, 0.1) is 0 Å². The number of hydrogen-bond acceptors (Lipinski definition) is 4. The van der Waals surface area contributed by atoms with Crippen molar-refractivity contribution >= 4 is 11.8 Å². The van der Waals surface area contributed by atoms with Gasteiger partial charge in [-0.25, -0.2) is 4.98 Å². The van der Waals surface area contributed by atoms with Crippen LogP contribution < -0.4 is 11.1 Å². The molecule has 1 heterocycles. The molecule has 2 amide bonds. The van der Waals surface area contributed by atoms with Gasteiger partial charge in [-0.2, -0.15) is 0 Å². The lowest BCUT2D eigenvalue weighted by Gasteiger charge is -2.26. The van der Waals surface area contributed by atoms with Crippen LogP contribution in [0.2, 0.25) is 0 Å². The number of hydrogen-bond donors (Lipinski definition) is 3. The molecular weight excluding hydrogens is 258 g/mol. The van der Waals surface area contributed by atoms with E-state index in [1.165, 1.54) is 0 Å². The summed E-state index contributed by atoms with van der Waals surface area (Å²) in [4.78, 5) is 27.2. The Kier molecular flexibility index (Phi) is 4.70. The van der Waals surface area contributed by atoms with Crippen LogP contribution in [0, 0.1) is 5.92 Å². The first-order valence-corrected chi connectivity index (χ1v) is 7.11. The normalized spacial score (nSPS) is 22.4. The number of carbonyl (C=O) groups is 2. The van der Waals surface area contributed by atoms with Crippen LogP contribution in [0.3, 0.4) is 0 Å². The maximum atomic E-state index is 12.0. The highest BCUT2D eigenvalue weighted by molar-refractivity contribution is 5.90. The van der Waals surface area contributed by atoms with E-state index in [4.69, 9.17) is 5.73 Å². The Labute approximate surface area is 117 Å². The van der Waals surface area contributed by atoms with E-state index >= 15 is 0 Å². The first-order chi connectivity index (χ1) is 9.60. The summed E-state index contributed by atoms with van der Waals surface area (Å²) in [6, 6.07) is 0.0752. The van der Waals surface area contributed by atoms with Crippen LogP contribution in [0.1, 0.15) is 55.5 Å². The summed E-state index contributed by atoms with van der Waals surface area (Å²) in [5, 5.41) is 9.60. The summed E-state index contributed by atoms with van der Waals surface area (Å²) in [5.41, 5.74) is 5.29. The summed E-state index contributed by atoms with van der Waals surface area (Å²) in [7, 11) is 0. The van der Waals surface area contributed by atoms with Gasteiger partial charge in [0.2, 0.25) is 11.7 Å². The Morgan fingerprint density at radius 1 is 1.35 bits per heavy atom. The van der Waals surface area contributed by atoms with Crippen LogP contribution in [0.25, 0.3) is 0 Å². The van der Waals surface area contributed by atoms with E-state index in [9.17, 15) is 9.59 Å². The van der Waals surface area contributed by atoms with Crippen LogP contribution in [-0.4, -0.2) is 33.0 Å². The van der Waals surface area contributed by atoms with Gasteiger partial charge in [0, 0.05) is 18.4 Å².